The molecule has 0 aliphatic rings. The summed E-state index contributed by atoms with van der Waals surface area (Å²) >= 11 is 4.06. The van der Waals surface area contributed by atoms with Gasteiger partial charge in [0.25, 0.3) is 10.0 Å². The zero-order valence-corrected chi connectivity index (χ0v) is 11.3. The van der Waals surface area contributed by atoms with Gasteiger partial charge in [0, 0.05) is 4.47 Å². The number of nitrogens with zero attached hydrogens (tertiary/aromatic N) is 2. The predicted octanol–water partition coefficient (Wildman–Crippen LogP) is 2.24. The fraction of sp³-hybridized carbons (Fsp3) is 0. The topological polar surface area (TPSA) is 72.0 Å². The molecule has 0 radical (unpaired) electrons. The van der Waals surface area contributed by atoms with E-state index in [-0.39, 0.29) is 5.13 Å². The molecule has 0 aliphatic heterocycles. The summed E-state index contributed by atoms with van der Waals surface area (Å²) in [5.41, 5.74) is 1.37. The predicted molar refractivity (Wildman–Crippen MR) is 64.8 cm³/mol. The van der Waals surface area contributed by atoms with Gasteiger partial charge in [-0.05, 0) is 18.2 Å². The molecule has 2 rings (SSSR count). The molecule has 1 aromatic heterocycles. The van der Waals surface area contributed by atoms with E-state index in [0.717, 1.165) is 17.4 Å². The van der Waals surface area contributed by atoms with Crippen molar-refractivity contribution in [1.29, 1.82) is 0 Å². The number of sulfonamides is 1. The second-order valence-corrected chi connectivity index (χ2v) is 6.32. The van der Waals surface area contributed by atoms with Crippen molar-refractivity contribution in [2.75, 3.05) is 4.72 Å². The van der Waals surface area contributed by atoms with Crippen molar-refractivity contribution >= 4 is 42.4 Å². The highest BCUT2D eigenvalue weighted by Crippen LogP contribution is 2.22. The van der Waals surface area contributed by atoms with Crippen LogP contribution in [0.3, 0.4) is 0 Å². The van der Waals surface area contributed by atoms with Crippen molar-refractivity contribution in [2.45, 2.75) is 4.90 Å². The van der Waals surface area contributed by atoms with Gasteiger partial charge in [-0.15, -0.1) is 10.2 Å². The van der Waals surface area contributed by atoms with Crippen LogP contribution in [0.4, 0.5) is 9.52 Å². The van der Waals surface area contributed by atoms with Crippen LogP contribution in [0.5, 0.6) is 0 Å². The SMILES string of the molecule is O=S(=O)(Nc1nncs1)c1ccc(Br)cc1F. The Balaban J connectivity index is 2.38. The quantitative estimate of drug-likeness (QED) is 0.932. The van der Waals surface area contributed by atoms with Gasteiger partial charge in [0.2, 0.25) is 5.13 Å². The molecular formula is C8H5BrFN3O2S2. The van der Waals surface area contributed by atoms with Crippen molar-refractivity contribution in [2.24, 2.45) is 0 Å². The first-order valence-electron chi connectivity index (χ1n) is 4.23. The largest absolute Gasteiger partial charge is 0.266 e. The fourth-order valence-electron chi connectivity index (χ4n) is 1.08. The van der Waals surface area contributed by atoms with E-state index < -0.39 is 20.7 Å². The molecule has 1 N–H and O–H groups in total. The number of benzene rings is 1. The molecule has 0 saturated carbocycles. The summed E-state index contributed by atoms with van der Waals surface area (Å²) in [7, 11) is -3.97. The fourth-order valence-corrected chi connectivity index (χ4v) is 3.17. The Hall–Kier alpha value is -1.06. The van der Waals surface area contributed by atoms with Crippen LogP contribution in [0.2, 0.25) is 0 Å². The second-order valence-electron chi connectivity index (χ2n) is 2.92. The maximum atomic E-state index is 13.5. The first kappa shape index (κ1) is 12.4. The molecule has 0 aliphatic carbocycles. The Kier molecular flexibility index (Phi) is 3.40. The van der Waals surface area contributed by atoms with Crippen molar-refractivity contribution in [3.05, 3.63) is 34.0 Å². The second kappa shape index (κ2) is 4.67. The highest BCUT2D eigenvalue weighted by atomic mass is 79.9. The van der Waals surface area contributed by atoms with Gasteiger partial charge >= 0.3 is 0 Å². The minimum Gasteiger partial charge on any atom is -0.253 e. The van der Waals surface area contributed by atoms with E-state index in [1.165, 1.54) is 17.6 Å². The molecule has 0 spiro atoms. The lowest BCUT2D eigenvalue weighted by molar-refractivity contribution is 0.570. The standard InChI is InChI=1S/C8H5BrFN3O2S2/c9-5-1-2-7(6(10)3-5)17(14,15)13-8-12-11-4-16-8/h1-4H,(H,12,13). The van der Waals surface area contributed by atoms with Crippen LogP contribution in [-0.4, -0.2) is 18.6 Å². The number of hydrogen-bond acceptors (Lipinski definition) is 5. The normalized spacial score (nSPS) is 11.4. The van der Waals surface area contributed by atoms with Gasteiger partial charge in [-0.1, -0.05) is 27.3 Å². The number of hydrogen-bond donors (Lipinski definition) is 1. The minimum absolute atomic E-state index is 0.0901. The lowest BCUT2D eigenvalue weighted by atomic mass is 10.3. The Bertz CT molecular complexity index is 630. The van der Waals surface area contributed by atoms with E-state index in [9.17, 15) is 12.8 Å². The lowest BCUT2D eigenvalue weighted by Gasteiger charge is -2.05. The third-order valence-electron chi connectivity index (χ3n) is 1.77. The average molecular weight is 338 g/mol. The molecule has 0 atom stereocenters. The molecule has 0 amide bonds. The van der Waals surface area contributed by atoms with Crippen LogP contribution >= 0.6 is 27.3 Å². The number of nitrogens with one attached hydrogen (secondary N) is 1. The first-order valence-corrected chi connectivity index (χ1v) is 7.39. The van der Waals surface area contributed by atoms with E-state index in [4.69, 9.17) is 0 Å². The maximum absolute atomic E-state index is 13.5. The zero-order chi connectivity index (χ0) is 12.5. The van der Waals surface area contributed by atoms with Gasteiger partial charge in [0.05, 0.1) is 0 Å². The number of halogens is 2. The zero-order valence-electron chi connectivity index (χ0n) is 8.09. The Labute approximate surface area is 109 Å². The van der Waals surface area contributed by atoms with Crippen LogP contribution in [0.1, 0.15) is 0 Å². The van der Waals surface area contributed by atoms with E-state index in [2.05, 4.69) is 30.8 Å². The molecule has 5 nitrogen and oxygen atoms in total. The van der Waals surface area contributed by atoms with Crippen molar-refractivity contribution in [1.82, 2.24) is 10.2 Å². The minimum atomic E-state index is -3.97. The molecule has 0 bridgehead atoms. The molecule has 9 heteroatoms. The van der Waals surface area contributed by atoms with Gasteiger partial charge < -0.3 is 0 Å². The Morgan fingerprint density at radius 3 is 2.76 bits per heavy atom. The molecule has 1 aromatic carbocycles. The lowest BCUT2D eigenvalue weighted by Crippen LogP contribution is -2.14. The Morgan fingerprint density at radius 2 is 2.18 bits per heavy atom. The van der Waals surface area contributed by atoms with E-state index >= 15 is 0 Å². The van der Waals surface area contributed by atoms with Gasteiger partial charge in [-0.25, -0.2) is 12.8 Å². The van der Waals surface area contributed by atoms with E-state index in [1.807, 2.05) is 0 Å². The summed E-state index contributed by atoms with van der Waals surface area (Å²) in [6.45, 7) is 0. The van der Waals surface area contributed by atoms with Crippen LogP contribution in [0, 0.1) is 5.82 Å². The summed E-state index contributed by atoms with van der Waals surface area (Å²) in [6, 6.07) is 3.69. The molecule has 1 heterocycles. The third kappa shape index (κ3) is 2.79. The molecule has 0 unspecified atom stereocenters. The van der Waals surface area contributed by atoms with E-state index in [0.29, 0.717) is 4.47 Å². The average Bonchev–Trinajstić information content (AvgIpc) is 2.68. The van der Waals surface area contributed by atoms with Crippen molar-refractivity contribution in [3.8, 4) is 0 Å². The van der Waals surface area contributed by atoms with E-state index in [1.54, 1.807) is 0 Å². The summed E-state index contributed by atoms with van der Waals surface area (Å²) in [6.07, 6.45) is 0. The third-order valence-corrected chi connectivity index (χ3v) is 4.37. The van der Waals surface area contributed by atoms with Crippen LogP contribution in [-0.2, 0) is 10.0 Å². The van der Waals surface area contributed by atoms with Gasteiger partial charge in [0.1, 0.15) is 16.2 Å². The van der Waals surface area contributed by atoms with Gasteiger partial charge in [-0.3, -0.25) is 4.72 Å². The molecule has 17 heavy (non-hydrogen) atoms. The monoisotopic (exact) mass is 337 g/mol. The number of anilines is 1. The van der Waals surface area contributed by atoms with Crippen LogP contribution in [0.15, 0.2) is 33.1 Å². The first-order chi connectivity index (χ1) is 7.99. The summed E-state index contributed by atoms with van der Waals surface area (Å²) < 4.78 is 39.7. The van der Waals surface area contributed by atoms with Crippen molar-refractivity contribution in [3.63, 3.8) is 0 Å². The van der Waals surface area contributed by atoms with Crippen molar-refractivity contribution < 1.29 is 12.8 Å². The molecule has 0 fully saturated rings. The smallest absolute Gasteiger partial charge is 0.253 e. The summed E-state index contributed by atoms with van der Waals surface area (Å²) in [5.74, 6) is -0.837. The van der Waals surface area contributed by atoms with Crippen LogP contribution in [0.25, 0.3) is 0 Å². The summed E-state index contributed by atoms with van der Waals surface area (Å²) in [5, 5.41) is 7.09. The molecule has 2 aromatic rings. The Morgan fingerprint density at radius 1 is 1.41 bits per heavy atom. The highest BCUT2D eigenvalue weighted by molar-refractivity contribution is 9.10. The molecule has 0 saturated heterocycles. The summed E-state index contributed by atoms with van der Waals surface area (Å²) in [4.78, 5) is -0.434. The number of aromatic nitrogens is 2. The van der Waals surface area contributed by atoms with Gasteiger partial charge in [0.15, 0.2) is 0 Å². The van der Waals surface area contributed by atoms with Crippen LogP contribution < -0.4 is 4.72 Å². The molecular weight excluding hydrogens is 333 g/mol. The highest BCUT2D eigenvalue weighted by Gasteiger charge is 2.20. The molecule has 90 valence electrons. The van der Waals surface area contributed by atoms with Gasteiger partial charge in [-0.2, -0.15) is 0 Å². The maximum Gasteiger partial charge on any atom is 0.266 e. The number of rotatable bonds is 3.